The number of carbonyl (C=O) groups is 1. The second-order valence-electron chi connectivity index (χ2n) is 6.00. The summed E-state index contributed by atoms with van der Waals surface area (Å²) in [5, 5.41) is 12.2. The first kappa shape index (κ1) is 21.4. The van der Waals surface area contributed by atoms with E-state index in [1.165, 1.54) is 0 Å². The molecule has 0 bridgehead atoms. The molecule has 1 aromatic carbocycles. The van der Waals surface area contributed by atoms with Crippen LogP contribution in [0.5, 0.6) is 11.5 Å². The van der Waals surface area contributed by atoms with E-state index in [0.29, 0.717) is 11.5 Å². The Hall–Kier alpha value is -2.68. The molecule has 0 aromatic heterocycles. The molecule has 1 amide bonds. The van der Waals surface area contributed by atoms with E-state index in [0.717, 1.165) is 31.5 Å². The summed E-state index contributed by atoms with van der Waals surface area (Å²) in [6, 6.07) is 7.21. The highest BCUT2D eigenvalue weighted by Gasteiger charge is 2.16. The van der Waals surface area contributed by atoms with Gasteiger partial charge in [-0.25, -0.2) is 0 Å². The molecule has 0 aliphatic heterocycles. The van der Waals surface area contributed by atoms with Crippen LogP contribution in [0.15, 0.2) is 30.0 Å². The number of nitrogens with zero attached hydrogens (tertiary/aromatic N) is 2. The third-order valence-electron chi connectivity index (χ3n) is 3.95. The molecule has 1 aromatic rings. The van der Waals surface area contributed by atoms with Crippen LogP contribution in [0.1, 0.15) is 45.2 Å². The average molecular weight is 359 g/mol. The molecule has 0 saturated carbocycles. The number of carbonyl (C=O) groups excluding carboxylic acids is 1. The van der Waals surface area contributed by atoms with E-state index < -0.39 is 0 Å². The van der Waals surface area contributed by atoms with Gasteiger partial charge in [0.2, 0.25) is 0 Å². The van der Waals surface area contributed by atoms with E-state index in [1.54, 1.807) is 26.5 Å². The minimum Gasteiger partial charge on any atom is -0.493 e. The average Bonchev–Trinajstić information content (AvgIpc) is 2.65. The molecule has 0 aliphatic carbocycles. The smallest absolute Gasteiger partial charge is 0.263 e. The van der Waals surface area contributed by atoms with Crippen molar-refractivity contribution in [3.05, 3.63) is 35.5 Å². The predicted molar refractivity (Wildman–Crippen MR) is 102 cm³/mol. The number of nitriles is 1. The maximum absolute atomic E-state index is 12.5. The number of amides is 1. The first-order chi connectivity index (χ1) is 12.5. The van der Waals surface area contributed by atoms with Crippen molar-refractivity contribution in [2.45, 2.75) is 39.7 Å². The molecule has 0 aliphatic rings. The van der Waals surface area contributed by atoms with Crippen LogP contribution in [0, 0.1) is 11.3 Å². The van der Waals surface area contributed by atoms with Gasteiger partial charge in [-0.3, -0.25) is 4.79 Å². The van der Waals surface area contributed by atoms with Crippen molar-refractivity contribution in [2.75, 3.05) is 27.3 Å². The Labute approximate surface area is 156 Å². The Bertz CT molecular complexity index is 659. The monoisotopic (exact) mass is 359 g/mol. The molecule has 6 heteroatoms. The fourth-order valence-corrected chi connectivity index (χ4v) is 2.62. The molecule has 142 valence electrons. The van der Waals surface area contributed by atoms with Crippen LogP contribution in [-0.2, 0) is 4.79 Å². The normalized spacial score (nSPS) is 12.1. The van der Waals surface area contributed by atoms with Gasteiger partial charge in [-0.2, -0.15) is 5.26 Å². The second kappa shape index (κ2) is 11.0. The number of hydrogen-bond donors (Lipinski definition) is 1. The SMILES string of the molecule is CCCN(/C=C(/C#N)C(=O)NC(C)c1ccc(OC)c(OC)c1)CCC. The van der Waals surface area contributed by atoms with Crippen LogP contribution in [0.25, 0.3) is 0 Å². The molecule has 0 fully saturated rings. The largest absolute Gasteiger partial charge is 0.493 e. The summed E-state index contributed by atoms with van der Waals surface area (Å²) in [7, 11) is 3.14. The number of rotatable bonds is 10. The predicted octanol–water partition coefficient (Wildman–Crippen LogP) is 3.41. The van der Waals surface area contributed by atoms with E-state index in [9.17, 15) is 10.1 Å². The quantitative estimate of drug-likeness (QED) is 0.512. The van der Waals surface area contributed by atoms with Gasteiger partial charge in [-0.1, -0.05) is 19.9 Å². The van der Waals surface area contributed by atoms with Gasteiger partial charge in [-0.15, -0.1) is 0 Å². The zero-order valence-corrected chi connectivity index (χ0v) is 16.3. The molecule has 0 saturated heterocycles. The van der Waals surface area contributed by atoms with Gasteiger partial charge >= 0.3 is 0 Å². The standard InChI is InChI=1S/C20H29N3O3/c1-6-10-23(11-7-2)14-17(13-21)20(24)22-15(3)16-8-9-18(25-4)19(12-16)26-5/h8-9,12,14-15H,6-7,10-11H2,1-5H3,(H,22,24)/b17-14-. The molecule has 6 nitrogen and oxygen atoms in total. The van der Waals surface area contributed by atoms with Crippen molar-refractivity contribution in [3.8, 4) is 17.6 Å². The lowest BCUT2D eigenvalue weighted by Gasteiger charge is -2.20. The first-order valence-corrected chi connectivity index (χ1v) is 8.89. The van der Waals surface area contributed by atoms with Crippen molar-refractivity contribution < 1.29 is 14.3 Å². The number of methoxy groups -OCH3 is 2. The van der Waals surface area contributed by atoms with E-state index in [-0.39, 0.29) is 17.5 Å². The molecule has 1 N–H and O–H groups in total. The lowest BCUT2D eigenvalue weighted by atomic mass is 10.1. The summed E-state index contributed by atoms with van der Waals surface area (Å²) in [6.07, 6.45) is 3.57. The maximum atomic E-state index is 12.5. The molecule has 0 radical (unpaired) electrons. The van der Waals surface area contributed by atoms with Gasteiger partial charge in [0.15, 0.2) is 11.5 Å². The fraction of sp³-hybridized carbons (Fsp3) is 0.500. The number of benzene rings is 1. The third kappa shape index (κ3) is 5.99. The highest BCUT2D eigenvalue weighted by Crippen LogP contribution is 2.29. The van der Waals surface area contributed by atoms with E-state index in [2.05, 4.69) is 19.2 Å². The molecule has 1 rings (SSSR count). The van der Waals surface area contributed by atoms with E-state index in [1.807, 2.05) is 30.0 Å². The van der Waals surface area contributed by atoms with Crippen molar-refractivity contribution in [3.63, 3.8) is 0 Å². The highest BCUT2D eigenvalue weighted by atomic mass is 16.5. The maximum Gasteiger partial charge on any atom is 0.263 e. The van der Waals surface area contributed by atoms with Crippen molar-refractivity contribution >= 4 is 5.91 Å². The highest BCUT2D eigenvalue weighted by molar-refractivity contribution is 5.97. The first-order valence-electron chi connectivity index (χ1n) is 8.89. The molecule has 0 heterocycles. The van der Waals surface area contributed by atoms with Gasteiger partial charge in [0.05, 0.1) is 20.3 Å². The lowest BCUT2D eigenvalue weighted by molar-refractivity contribution is -0.117. The topological polar surface area (TPSA) is 74.6 Å². The minimum absolute atomic E-state index is 0.110. The Kier molecular flexibility index (Phi) is 9.07. The molecular weight excluding hydrogens is 330 g/mol. The molecule has 1 unspecified atom stereocenters. The molecule has 26 heavy (non-hydrogen) atoms. The zero-order valence-electron chi connectivity index (χ0n) is 16.3. The lowest BCUT2D eigenvalue weighted by Crippen LogP contribution is -2.29. The van der Waals surface area contributed by atoms with Gasteiger partial charge < -0.3 is 19.7 Å². The van der Waals surface area contributed by atoms with E-state index in [4.69, 9.17) is 9.47 Å². The van der Waals surface area contributed by atoms with Crippen LogP contribution >= 0.6 is 0 Å². The number of ether oxygens (including phenoxy) is 2. The Morgan fingerprint density at radius 2 is 1.85 bits per heavy atom. The van der Waals surface area contributed by atoms with Gasteiger partial charge in [0.25, 0.3) is 5.91 Å². The number of nitrogens with one attached hydrogen (secondary N) is 1. The minimum atomic E-state index is -0.382. The molecule has 0 spiro atoms. The molecular formula is C20H29N3O3. The Morgan fingerprint density at radius 3 is 2.35 bits per heavy atom. The van der Waals surface area contributed by atoms with Crippen molar-refractivity contribution in [1.29, 1.82) is 5.26 Å². The van der Waals surface area contributed by atoms with Crippen LogP contribution in [-0.4, -0.2) is 38.1 Å². The third-order valence-corrected chi connectivity index (χ3v) is 3.95. The van der Waals surface area contributed by atoms with Crippen LogP contribution in [0.4, 0.5) is 0 Å². The van der Waals surface area contributed by atoms with Crippen LogP contribution in [0.2, 0.25) is 0 Å². The Morgan fingerprint density at radius 1 is 1.23 bits per heavy atom. The summed E-state index contributed by atoms with van der Waals surface area (Å²) >= 11 is 0. The van der Waals surface area contributed by atoms with Crippen LogP contribution in [0.3, 0.4) is 0 Å². The van der Waals surface area contributed by atoms with Gasteiger partial charge in [-0.05, 0) is 37.5 Å². The van der Waals surface area contributed by atoms with Crippen molar-refractivity contribution in [2.24, 2.45) is 0 Å². The zero-order chi connectivity index (χ0) is 19.5. The van der Waals surface area contributed by atoms with Gasteiger partial charge in [0.1, 0.15) is 11.6 Å². The summed E-state index contributed by atoms with van der Waals surface area (Å²) < 4.78 is 10.5. The van der Waals surface area contributed by atoms with Crippen molar-refractivity contribution in [1.82, 2.24) is 10.2 Å². The van der Waals surface area contributed by atoms with Crippen LogP contribution < -0.4 is 14.8 Å². The van der Waals surface area contributed by atoms with E-state index >= 15 is 0 Å². The Balaban J connectivity index is 2.91. The fourth-order valence-electron chi connectivity index (χ4n) is 2.62. The van der Waals surface area contributed by atoms with Gasteiger partial charge in [0, 0.05) is 19.3 Å². The summed E-state index contributed by atoms with van der Waals surface area (Å²) in [5.74, 6) is 0.841. The molecule has 1 atom stereocenters. The summed E-state index contributed by atoms with van der Waals surface area (Å²) in [4.78, 5) is 14.5. The number of hydrogen-bond acceptors (Lipinski definition) is 5. The summed E-state index contributed by atoms with van der Waals surface area (Å²) in [5.41, 5.74) is 0.978. The second-order valence-corrected chi connectivity index (χ2v) is 6.00. The summed E-state index contributed by atoms with van der Waals surface area (Å²) in [6.45, 7) is 7.64.